The first-order valence-corrected chi connectivity index (χ1v) is 11.8. The summed E-state index contributed by atoms with van der Waals surface area (Å²) >= 11 is 7.11. The van der Waals surface area contributed by atoms with Crippen molar-refractivity contribution < 1.29 is 0 Å². The van der Waals surface area contributed by atoms with Gasteiger partial charge in [-0.05, 0) is 0 Å². The molecule has 0 aliphatic carbocycles. The van der Waals surface area contributed by atoms with Gasteiger partial charge >= 0.3 is 63.8 Å². The molecule has 0 aromatic heterocycles. The summed E-state index contributed by atoms with van der Waals surface area (Å²) in [6.45, 7) is 6.70. The molecule has 44 valence electrons. The molecule has 0 radical (unpaired) electrons. The van der Waals surface area contributed by atoms with Crippen molar-refractivity contribution in [3.63, 3.8) is 0 Å². The van der Waals surface area contributed by atoms with E-state index in [1.807, 2.05) is 0 Å². The molecule has 0 fully saturated rings. The second kappa shape index (κ2) is 2.89. The molecule has 0 rings (SSSR count). The van der Waals surface area contributed by atoms with E-state index in [2.05, 4.69) is 48.6 Å². The van der Waals surface area contributed by atoms with Crippen LogP contribution in [-0.4, -0.2) is 10.9 Å². The van der Waals surface area contributed by atoms with Gasteiger partial charge in [0.25, 0.3) is 0 Å². The Morgan fingerprint density at radius 3 is 1.29 bits per heavy atom. The number of halogens is 2. The van der Waals surface area contributed by atoms with E-state index in [1.165, 1.54) is 0 Å². The van der Waals surface area contributed by atoms with Crippen molar-refractivity contribution in [3.8, 4) is 0 Å². The summed E-state index contributed by atoms with van der Waals surface area (Å²) in [5, 5.41) is 0. The Morgan fingerprint density at radius 1 is 1.14 bits per heavy atom. The summed E-state index contributed by atoms with van der Waals surface area (Å²) in [5.74, 6) is 0. The van der Waals surface area contributed by atoms with E-state index in [-0.39, 0.29) is 0 Å². The minimum absolute atomic E-state index is 0.479. The summed E-state index contributed by atoms with van der Waals surface area (Å²) in [5.41, 5.74) is 0. The quantitative estimate of drug-likeness (QED) is 0.602. The molecule has 0 nitrogen and oxygen atoms in total. The molecule has 0 unspecified atom stereocenters. The second-order valence-corrected chi connectivity index (χ2v) is 18.5. The number of hydrogen-bond donors (Lipinski definition) is 0. The van der Waals surface area contributed by atoms with Crippen LogP contribution in [0.3, 0.4) is 0 Å². The van der Waals surface area contributed by atoms with Crippen LogP contribution in [0.5, 0.6) is 0 Å². The zero-order chi connectivity index (χ0) is 6.08. The Kier molecular flexibility index (Phi) is 3.51. The summed E-state index contributed by atoms with van der Waals surface area (Å²) in [7, 11) is -0.792. The fraction of sp³-hybridized carbons (Fsp3) is 1.00. The van der Waals surface area contributed by atoms with Crippen molar-refractivity contribution >= 4 is 38.8 Å². The van der Waals surface area contributed by atoms with Gasteiger partial charge in [-0.3, -0.25) is 0 Å². The van der Waals surface area contributed by atoms with Crippen LogP contribution in [0.25, 0.3) is 0 Å². The van der Waals surface area contributed by atoms with E-state index in [9.17, 15) is 0 Å². The van der Waals surface area contributed by atoms with Crippen LogP contribution in [0, 0.1) is 0 Å². The van der Waals surface area contributed by atoms with Gasteiger partial charge in [-0.2, -0.15) is 0 Å². The molecule has 0 heterocycles. The van der Waals surface area contributed by atoms with Gasteiger partial charge in [0.1, 0.15) is 0 Å². The van der Waals surface area contributed by atoms with Gasteiger partial charge in [0.05, 0.1) is 0 Å². The SMILES string of the molecule is CC(C)(C)[As](Br)Br. The van der Waals surface area contributed by atoms with Crippen LogP contribution in [0.2, 0.25) is 4.20 Å². The van der Waals surface area contributed by atoms with Crippen LogP contribution in [0.4, 0.5) is 0 Å². The monoisotopic (exact) mass is 290 g/mol. The van der Waals surface area contributed by atoms with Crippen LogP contribution in [0.1, 0.15) is 20.8 Å². The predicted octanol–water partition coefficient (Wildman–Crippen LogP) is 3.06. The van der Waals surface area contributed by atoms with E-state index >= 15 is 0 Å². The first-order valence-electron chi connectivity index (χ1n) is 2.06. The zero-order valence-corrected chi connectivity index (χ0v) is 9.75. The molecule has 3 heteroatoms. The van der Waals surface area contributed by atoms with Crippen molar-refractivity contribution in [2.75, 3.05) is 0 Å². The fourth-order valence-electron chi connectivity index (χ4n) is 0. The molecule has 0 amide bonds. The zero-order valence-electron chi connectivity index (χ0n) is 4.70. The van der Waals surface area contributed by atoms with Crippen molar-refractivity contribution in [2.45, 2.75) is 25.0 Å². The summed E-state index contributed by atoms with van der Waals surface area (Å²) < 4.78 is 0.479. The van der Waals surface area contributed by atoms with Crippen molar-refractivity contribution in [2.24, 2.45) is 0 Å². The van der Waals surface area contributed by atoms with Gasteiger partial charge in [-0.25, -0.2) is 0 Å². The molecule has 0 bridgehead atoms. The van der Waals surface area contributed by atoms with Crippen LogP contribution in [-0.2, 0) is 0 Å². The maximum atomic E-state index is 3.56. The standard InChI is InChI=1S/C4H9AsBr2/c1-4(2,3)5(6)7/h1-3H3. The summed E-state index contributed by atoms with van der Waals surface area (Å²) in [6, 6.07) is 0. The number of hydrogen-bond acceptors (Lipinski definition) is 0. The van der Waals surface area contributed by atoms with Crippen molar-refractivity contribution in [1.82, 2.24) is 0 Å². The Bertz CT molecular complexity index is 55.2. The molecule has 0 spiro atoms. The van der Waals surface area contributed by atoms with Crippen LogP contribution >= 0.6 is 27.9 Å². The van der Waals surface area contributed by atoms with E-state index in [0.717, 1.165) is 0 Å². The summed E-state index contributed by atoms with van der Waals surface area (Å²) in [4.78, 5) is 0. The molecule has 0 aliphatic rings. The Labute approximate surface area is 63.5 Å². The molecule has 0 saturated carbocycles. The van der Waals surface area contributed by atoms with Crippen LogP contribution in [0.15, 0.2) is 0 Å². The fourth-order valence-corrected chi connectivity index (χ4v) is 0. The maximum absolute atomic E-state index is 3.56. The van der Waals surface area contributed by atoms with E-state index in [1.54, 1.807) is 0 Å². The van der Waals surface area contributed by atoms with Gasteiger partial charge in [-0.15, -0.1) is 0 Å². The minimum atomic E-state index is -0.792. The Balaban J connectivity index is 3.54. The Morgan fingerprint density at radius 2 is 1.29 bits per heavy atom. The second-order valence-electron chi connectivity index (χ2n) is 2.40. The predicted molar refractivity (Wildman–Crippen MR) is 43.3 cm³/mol. The Hall–Kier alpha value is 1.52. The molecule has 0 atom stereocenters. The van der Waals surface area contributed by atoms with Gasteiger partial charge in [0.2, 0.25) is 0 Å². The van der Waals surface area contributed by atoms with Crippen LogP contribution < -0.4 is 0 Å². The first-order chi connectivity index (χ1) is 2.94. The van der Waals surface area contributed by atoms with Gasteiger partial charge in [0, 0.05) is 0 Å². The molecule has 0 aromatic rings. The number of rotatable bonds is 0. The first kappa shape index (κ1) is 8.52. The third-order valence-corrected chi connectivity index (χ3v) is 13.7. The molecular formula is C4H9AsBr2. The molecule has 0 aliphatic heterocycles. The van der Waals surface area contributed by atoms with E-state index in [0.29, 0.717) is 4.20 Å². The molecule has 0 saturated heterocycles. The van der Waals surface area contributed by atoms with Gasteiger partial charge in [0.15, 0.2) is 0 Å². The molecule has 7 heavy (non-hydrogen) atoms. The third-order valence-electron chi connectivity index (χ3n) is 0.507. The van der Waals surface area contributed by atoms with Crippen molar-refractivity contribution in [3.05, 3.63) is 0 Å². The average molecular weight is 292 g/mol. The van der Waals surface area contributed by atoms with Gasteiger partial charge < -0.3 is 0 Å². The molecule has 0 N–H and O–H groups in total. The van der Waals surface area contributed by atoms with Gasteiger partial charge in [-0.1, -0.05) is 0 Å². The normalized spacial score (nSPS) is 12.9. The topological polar surface area (TPSA) is 0 Å². The third kappa shape index (κ3) is 4.05. The molecular weight excluding hydrogens is 283 g/mol. The molecule has 0 aromatic carbocycles. The average Bonchev–Trinajstić information content (AvgIpc) is 1.31. The van der Waals surface area contributed by atoms with E-state index < -0.39 is 10.9 Å². The summed E-state index contributed by atoms with van der Waals surface area (Å²) in [6.07, 6.45) is 0. The van der Waals surface area contributed by atoms with Crippen molar-refractivity contribution in [1.29, 1.82) is 0 Å². The van der Waals surface area contributed by atoms with E-state index in [4.69, 9.17) is 0 Å².